The number of carbonyl (C=O) groups is 1. The number of carbonyl (C=O) groups excluding carboxylic acids is 1. The zero-order chi connectivity index (χ0) is 16.4. The summed E-state index contributed by atoms with van der Waals surface area (Å²) in [6, 6.07) is 12.7. The lowest BCUT2D eigenvalue weighted by atomic mass is 10.1. The van der Waals surface area contributed by atoms with Crippen molar-refractivity contribution in [3.8, 4) is 5.75 Å². The van der Waals surface area contributed by atoms with E-state index in [9.17, 15) is 4.79 Å². The molecular weight excluding hydrogens is 290 g/mol. The number of hydrogen-bond acceptors (Lipinski definition) is 4. The maximum atomic E-state index is 12.3. The lowest BCUT2D eigenvalue weighted by Gasteiger charge is -2.08. The molecule has 0 spiro atoms. The van der Waals surface area contributed by atoms with Gasteiger partial charge in [0.1, 0.15) is 11.6 Å². The molecule has 0 radical (unpaired) electrons. The molecule has 5 heteroatoms. The number of nitrogens with one attached hydrogen (secondary N) is 1. The number of pyridine rings is 2. The number of nitrogens with zero attached hydrogens (tertiary/aromatic N) is 2. The SMILES string of the molecule is COc1cccc(C(=O)Nc2ccc3c(C)cc(C)nc3n2)c1. The molecule has 0 aliphatic carbocycles. The van der Waals surface area contributed by atoms with Gasteiger partial charge in [-0.2, -0.15) is 0 Å². The van der Waals surface area contributed by atoms with E-state index < -0.39 is 0 Å². The van der Waals surface area contributed by atoms with E-state index in [1.54, 1.807) is 37.4 Å². The van der Waals surface area contributed by atoms with Crippen molar-refractivity contribution in [2.75, 3.05) is 12.4 Å². The van der Waals surface area contributed by atoms with Crippen LogP contribution in [0.2, 0.25) is 0 Å². The zero-order valence-corrected chi connectivity index (χ0v) is 13.3. The van der Waals surface area contributed by atoms with Gasteiger partial charge in [0.15, 0.2) is 5.65 Å². The standard InChI is InChI=1S/C18H17N3O2/c1-11-9-12(2)19-17-15(11)7-8-16(20-17)21-18(22)13-5-4-6-14(10-13)23-3/h4-10H,1-3H3,(H,19,20,21,22). The van der Waals surface area contributed by atoms with E-state index in [1.165, 1.54) is 0 Å². The second kappa shape index (κ2) is 6.04. The Kier molecular flexibility index (Phi) is 3.93. The van der Waals surface area contributed by atoms with Crippen LogP contribution in [-0.2, 0) is 0 Å². The average molecular weight is 307 g/mol. The lowest BCUT2D eigenvalue weighted by molar-refractivity contribution is 0.102. The van der Waals surface area contributed by atoms with E-state index >= 15 is 0 Å². The summed E-state index contributed by atoms with van der Waals surface area (Å²) in [4.78, 5) is 21.2. The smallest absolute Gasteiger partial charge is 0.256 e. The van der Waals surface area contributed by atoms with Crippen molar-refractivity contribution in [3.05, 3.63) is 59.3 Å². The molecule has 1 amide bonds. The van der Waals surface area contributed by atoms with Gasteiger partial charge in [-0.15, -0.1) is 0 Å². The van der Waals surface area contributed by atoms with Crippen LogP contribution in [0, 0.1) is 13.8 Å². The van der Waals surface area contributed by atoms with Crippen molar-refractivity contribution in [1.29, 1.82) is 0 Å². The molecule has 5 nitrogen and oxygen atoms in total. The normalized spacial score (nSPS) is 10.6. The Balaban J connectivity index is 1.90. The van der Waals surface area contributed by atoms with Gasteiger partial charge in [-0.05, 0) is 55.8 Å². The lowest BCUT2D eigenvalue weighted by Crippen LogP contribution is -2.13. The molecule has 0 aliphatic heterocycles. The molecule has 1 N–H and O–H groups in total. The molecule has 0 unspecified atom stereocenters. The van der Waals surface area contributed by atoms with Crippen molar-refractivity contribution >= 4 is 22.8 Å². The van der Waals surface area contributed by atoms with Gasteiger partial charge in [0.2, 0.25) is 0 Å². The van der Waals surface area contributed by atoms with Crippen LogP contribution in [0.3, 0.4) is 0 Å². The Hall–Kier alpha value is -2.95. The van der Waals surface area contributed by atoms with Gasteiger partial charge >= 0.3 is 0 Å². The molecule has 3 aromatic rings. The van der Waals surface area contributed by atoms with Crippen molar-refractivity contribution in [3.63, 3.8) is 0 Å². The van der Waals surface area contributed by atoms with E-state index in [-0.39, 0.29) is 5.91 Å². The van der Waals surface area contributed by atoms with Crippen LogP contribution in [0.25, 0.3) is 11.0 Å². The fraction of sp³-hybridized carbons (Fsp3) is 0.167. The summed E-state index contributed by atoms with van der Waals surface area (Å²) in [6.07, 6.45) is 0. The highest BCUT2D eigenvalue weighted by atomic mass is 16.5. The largest absolute Gasteiger partial charge is 0.497 e. The van der Waals surface area contributed by atoms with Crippen LogP contribution in [0.15, 0.2) is 42.5 Å². The summed E-state index contributed by atoms with van der Waals surface area (Å²) in [7, 11) is 1.57. The molecule has 3 rings (SSSR count). The van der Waals surface area contributed by atoms with E-state index in [2.05, 4.69) is 15.3 Å². The Morgan fingerprint density at radius 2 is 1.91 bits per heavy atom. The fourth-order valence-corrected chi connectivity index (χ4v) is 2.45. The molecule has 0 saturated carbocycles. The van der Waals surface area contributed by atoms with Crippen LogP contribution in [0.5, 0.6) is 5.75 Å². The molecule has 0 atom stereocenters. The number of aromatic nitrogens is 2. The Morgan fingerprint density at radius 3 is 2.70 bits per heavy atom. The first-order valence-corrected chi connectivity index (χ1v) is 7.27. The molecule has 0 fully saturated rings. The van der Waals surface area contributed by atoms with E-state index in [4.69, 9.17) is 4.74 Å². The Labute approximate surface area is 134 Å². The van der Waals surface area contributed by atoms with Crippen LogP contribution in [0.1, 0.15) is 21.6 Å². The van der Waals surface area contributed by atoms with Crippen molar-refractivity contribution in [2.24, 2.45) is 0 Å². The topological polar surface area (TPSA) is 64.1 Å². The van der Waals surface area contributed by atoms with Crippen LogP contribution < -0.4 is 10.1 Å². The summed E-state index contributed by atoms with van der Waals surface area (Å²) >= 11 is 0. The van der Waals surface area contributed by atoms with Crippen LogP contribution in [0.4, 0.5) is 5.82 Å². The van der Waals surface area contributed by atoms with Gasteiger partial charge in [0.05, 0.1) is 7.11 Å². The third kappa shape index (κ3) is 3.13. The number of benzene rings is 1. The molecule has 0 bridgehead atoms. The maximum absolute atomic E-state index is 12.3. The number of methoxy groups -OCH3 is 1. The first-order valence-electron chi connectivity index (χ1n) is 7.27. The predicted octanol–water partition coefficient (Wildman–Crippen LogP) is 3.51. The molecular formula is C18H17N3O2. The van der Waals surface area contributed by atoms with E-state index in [0.717, 1.165) is 16.6 Å². The minimum atomic E-state index is -0.236. The average Bonchev–Trinajstić information content (AvgIpc) is 2.54. The molecule has 2 aromatic heterocycles. The van der Waals surface area contributed by atoms with Crippen LogP contribution >= 0.6 is 0 Å². The predicted molar refractivity (Wildman–Crippen MR) is 90.0 cm³/mol. The van der Waals surface area contributed by atoms with Crippen molar-refractivity contribution in [1.82, 2.24) is 9.97 Å². The number of aryl methyl sites for hydroxylation is 2. The third-order valence-electron chi connectivity index (χ3n) is 3.58. The Morgan fingerprint density at radius 1 is 1.09 bits per heavy atom. The summed E-state index contributed by atoms with van der Waals surface area (Å²) in [5, 5.41) is 3.78. The molecule has 116 valence electrons. The van der Waals surface area contributed by atoms with Gasteiger partial charge < -0.3 is 10.1 Å². The second-order valence-electron chi connectivity index (χ2n) is 5.33. The van der Waals surface area contributed by atoms with E-state index in [0.29, 0.717) is 22.8 Å². The summed E-state index contributed by atoms with van der Waals surface area (Å²) in [5.41, 5.74) is 3.16. The van der Waals surface area contributed by atoms with Gasteiger partial charge in [0, 0.05) is 16.6 Å². The fourth-order valence-electron chi connectivity index (χ4n) is 2.45. The Bertz CT molecular complexity index is 891. The highest BCUT2D eigenvalue weighted by molar-refractivity contribution is 6.04. The van der Waals surface area contributed by atoms with Gasteiger partial charge in [-0.25, -0.2) is 9.97 Å². The van der Waals surface area contributed by atoms with Gasteiger partial charge in [0.25, 0.3) is 5.91 Å². The number of anilines is 1. The quantitative estimate of drug-likeness (QED) is 0.804. The number of hydrogen-bond donors (Lipinski definition) is 1. The monoisotopic (exact) mass is 307 g/mol. The number of ether oxygens (including phenoxy) is 1. The second-order valence-corrected chi connectivity index (χ2v) is 5.33. The summed E-state index contributed by atoms with van der Waals surface area (Å²) < 4.78 is 5.13. The first kappa shape index (κ1) is 15.0. The van der Waals surface area contributed by atoms with Crippen LogP contribution in [-0.4, -0.2) is 23.0 Å². The van der Waals surface area contributed by atoms with Gasteiger partial charge in [-0.3, -0.25) is 4.79 Å². The number of rotatable bonds is 3. The number of amides is 1. The first-order chi connectivity index (χ1) is 11.1. The third-order valence-corrected chi connectivity index (χ3v) is 3.58. The highest BCUT2D eigenvalue weighted by Gasteiger charge is 2.09. The molecule has 0 saturated heterocycles. The molecule has 23 heavy (non-hydrogen) atoms. The summed E-state index contributed by atoms with van der Waals surface area (Å²) in [6.45, 7) is 3.95. The van der Waals surface area contributed by atoms with Crippen molar-refractivity contribution < 1.29 is 9.53 Å². The zero-order valence-electron chi connectivity index (χ0n) is 13.3. The summed E-state index contributed by atoms with van der Waals surface area (Å²) in [5.74, 6) is 0.875. The van der Waals surface area contributed by atoms with Crippen molar-refractivity contribution in [2.45, 2.75) is 13.8 Å². The minimum absolute atomic E-state index is 0.236. The highest BCUT2D eigenvalue weighted by Crippen LogP contribution is 2.19. The molecule has 2 heterocycles. The van der Waals surface area contributed by atoms with Gasteiger partial charge in [-0.1, -0.05) is 6.07 Å². The molecule has 0 aliphatic rings. The molecule has 1 aromatic carbocycles. The number of fused-ring (bicyclic) bond motifs is 1. The van der Waals surface area contributed by atoms with E-state index in [1.807, 2.05) is 26.0 Å². The maximum Gasteiger partial charge on any atom is 0.256 e. The minimum Gasteiger partial charge on any atom is -0.497 e.